The molecule has 4 rings (SSSR count). The van der Waals surface area contributed by atoms with E-state index in [4.69, 9.17) is 14.6 Å². The Morgan fingerprint density at radius 2 is 1.80 bits per heavy atom. The van der Waals surface area contributed by atoms with Gasteiger partial charge in [0.05, 0.1) is 0 Å². The van der Waals surface area contributed by atoms with Crippen LogP contribution in [-0.2, 0) is 5.79 Å². The summed E-state index contributed by atoms with van der Waals surface area (Å²) in [6, 6.07) is 15.9. The van der Waals surface area contributed by atoms with Gasteiger partial charge in [0.1, 0.15) is 0 Å². The molecule has 0 radical (unpaired) electrons. The summed E-state index contributed by atoms with van der Waals surface area (Å²) < 4.78 is 12.4. The van der Waals surface area contributed by atoms with E-state index in [1.165, 1.54) is 4.90 Å². The van der Waals surface area contributed by atoms with Crippen LogP contribution >= 0.6 is 0 Å². The van der Waals surface area contributed by atoms with E-state index in [2.05, 4.69) is 6.07 Å². The van der Waals surface area contributed by atoms with Crippen LogP contribution in [0.4, 0.5) is 4.79 Å². The van der Waals surface area contributed by atoms with Gasteiger partial charge in [0.25, 0.3) is 5.79 Å². The van der Waals surface area contributed by atoms with E-state index < -0.39 is 11.9 Å². The van der Waals surface area contributed by atoms with Crippen LogP contribution in [0.5, 0.6) is 11.5 Å². The molecule has 0 saturated carbocycles. The predicted octanol–water partition coefficient (Wildman–Crippen LogP) is 4.19. The summed E-state index contributed by atoms with van der Waals surface area (Å²) >= 11 is 0. The minimum absolute atomic E-state index is 0.285. The van der Waals surface area contributed by atoms with Crippen molar-refractivity contribution in [3.8, 4) is 11.5 Å². The number of ether oxygens (including phenoxy) is 2. The van der Waals surface area contributed by atoms with Crippen LogP contribution in [-0.4, -0.2) is 29.2 Å². The van der Waals surface area contributed by atoms with E-state index in [1.54, 1.807) is 0 Å². The summed E-state index contributed by atoms with van der Waals surface area (Å²) in [6.45, 7) is 3.04. The quantitative estimate of drug-likeness (QED) is 0.891. The lowest BCUT2D eigenvalue weighted by Gasteiger charge is -2.30. The zero-order chi connectivity index (χ0) is 17.4. The highest BCUT2D eigenvalue weighted by Crippen LogP contribution is 2.49. The third kappa shape index (κ3) is 2.80. The lowest BCUT2D eigenvalue weighted by Crippen LogP contribution is -2.37. The highest BCUT2D eigenvalue weighted by molar-refractivity contribution is 5.65. The number of hydrogen-bond acceptors (Lipinski definition) is 3. The molecule has 0 aliphatic carbocycles. The number of piperidine rings is 1. The summed E-state index contributed by atoms with van der Waals surface area (Å²) in [5.41, 5.74) is 2.08. The maximum absolute atomic E-state index is 11.1. The summed E-state index contributed by atoms with van der Waals surface area (Å²) in [6.07, 6.45) is 0.760. The second-order valence-corrected chi connectivity index (χ2v) is 6.73. The van der Waals surface area contributed by atoms with Gasteiger partial charge in [0.2, 0.25) is 0 Å². The molecule has 0 spiro atoms. The fourth-order valence-electron chi connectivity index (χ4n) is 3.71. The van der Waals surface area contributed by atoms with Crippen molar-refractivity contribution in [2.45, 2.75) is 31.5 Å². The molecule has 2 aromatic carbocycles. The molecule has 2 aliphatic rings. The zero-order valence-corrected chi connectivity index (χ0v) is 14.1. The van der Waals surface area contributed by atoms with Crippen molar-refractivity contribution in [3.63, 3.8) is 0 Å². The number of carboxylic acid groups (broad SMARTS) is 1. The Morgan fingerprint density at radius 1 is 1.08 bits per heavy atom. The Kier molecular flexibility index (Phi) is 3.79. The van der Waals surface area contributed by atoms with E-state index in [0.717, 1.165) is 35.5 Å². The van der Waals surface area contributed by atoms with Crippen molar-refractivity contribution in [2.24, 2.45) is 0 Å². The first-order chi connectivity index (χ1) is 12.1. The number of carbonyl (C=O) groups is 1. The van der Waals surface area contributed by atoms with Crippen LogP contribution < -0.4 is 9.47 Å². The average Bonchev–Trinajstić information content (AvgIpc) is 3.00. The SMILES string of the molecule is CC1(c2ccccc2)Oc2cccc(C3CCN(C(=O)O)CC3)c2O1. The van der Waals surface area contributed by atoms with Gasteiger partial charge < -0.3 is 19.5 Å². The first-order valence-corrected chi connectivity index (χ1v) is 8.61. The van der Waals surface area contributed by atoms with E-state index in [1.807, 2.05) is 49.4 Å². The van der Waals surface area contributed by atoms with Gasteiger partial charge in [-0.05, 0) is 24.8 Å². The minimum Gasteiger partial charge on any atom is -0.465 e. The minimum atomic E-state index is -0.840. The number of para-hydroxylation sites is 1. The van der Waals surface area contributed by atoms with Gasteiger partial charge in [-0.3, -0.25) is 0 Å². The van der Waals surface area contributed by atoms with E-state index >= 15 is 0 Å². The molecule has 0 bridgehead atoms. The molecular formula is C20H21NO4. The molecule has 130 valence electrons. The molecule has 1 unspecified atom stereocenters. The van der Waals surface area contributed by atoms with Gasteiger partial charge in [-0.15, -0.1) is 0 Å². The summed E-state index contributed by atoms with van der Waals surface area (Å²) in [7, 11) is 0. The first-order valence-electron chi connectivity index (χ1n) is 8.61. The highest BCUT2D eigenvalue weighted by atomic mass is 16.7. The molecule has 1 N–H and O–H groups in total. The summed E-state index contributed by atoms with van der Waals surface area (Å²) in [5, 5.41) is 9.13. The number of rotatable bonds is 2. The fourth-order valence-corrected chi connectivity index (χ4v) is 3.71. The van der Waals surface area contributed by atoms with Crippen molar-refractivity contribution < 1.29 is 19.4 Å². The standard InChI is InChI=1S/C20H21NO4/c1-20(15-6-3-2-4-7-15)24-17-9-5-8-16(18(17)25-20)14-10-12-21(13-11-14)19(22)23/h2-9,14H,10-13H2,1H3,(H,22,23). The smallest absolute Gasteiger partial charge is 0.407 e. The van der Waals surface area contributed by atoms with Crippen LogP contribution in [0.3, 0.4) is 0 Å². The summed E-state index contributed by atoms with van der Waals surface area (Å²) in [4.78, 5) is 12.6. The monoisotopic (exact) mass is 339 g/mol. The van der Waals surface area contributed by atoms with Gasteiger partial charge in [0.15, 0.2) is 11.5 Å². The average molecular weight is 339 g/mol. The lowest BCUT2D eigenvalue weighted by molar-refractivity contribution is -0.0685. The van der Waals surface area contributed by atoms with E-state index in [0.29, 0.717) is 13.1 Å². The van der Waals surface area contributed by atoms with Crippen LogP contribution in [0, 0.1) is 0 Å². The maximum atomic E-state index is 11.1. The zero-order valence-electron chi connectivity index (χ0n) is 14.1. The molecular weight excluding hydrogens is 318 g/mol. The number of hydrogen-bond donors (Lipinski definition) is 1. The fraction of sp³-hybridized carbons (Fsp3) is 0.350. The van der Waals surface area contributed by atoms with Gasteiger partial charge in [-0.1, -0.05) is 42.5 Å². The summed E-state index contributed by atoms with van der Waals surface area (Å²) in [5.74, 6) is 1.00. The lowest BCUT2D eigenvalue weighted by atomic mass is 9.89. The third-order valence-corrected chi connectivity index (χ3v) is 5.11. The van der Waals surface area contributed by atoms with Crippen LogP contribution in [0.1, 0.15) is 36.8 Å². The van der Waals surface area contributed by atoms with Gasteiger partial charge in [-0.25, -0.2) is 4.79 Å². The second kappa shape index (κ2) is 5.99. The first kappa shape index (κ1) is 15.8. The Balaban J connectivity index is 1.59. The van der Waals surface area contributed by atoms with Crippen molar-refractivity contribution >= 4 is 6.09 Å². The molecule has 1 fully saturated rings. The van der Waals surface area contributed by atoms with Crippen LogP contribution in [0.25, 0.3) is 0 Å². The number of nitrogens with zero attached hydrogens (tertiary/aromatic N) is 1. The van der Waals surface area contributed by atoms with Crippen LogP contribution in [0.15, 0.2) is 48.5 Å². The topological polar surface area (TPSA) is 59.0 Å². The Hall–Kier alpha value is -2.69. The van der Waals surface area contributed by atoms with Crippen molar-refractivity contribution in [3.05, 3.63) is 59.7 Å². The van der Waals surface area contributed by atoms with Crippen molar-refractivity contribution in [1.29, 1.82) is 0 Å². The van der Waals surface area contributed by atoms with Gasteiger partial charge in [0, 0.05) is 31.1 Å². The molecule has 1 amide bonds. The largest absolute Gasteiger partial charge is 0.465 e. The molecule has 5 heteroatoms. The Labute approximate surface area is 146 Å². The molecule has 2 heterocycles. The number of benzene rings is 2. The Bertz CT molecular complexity index is 784. The third-order valence-electron chi connectivity index (χ3n) is 5.11. The van der Waals surface area contributed by atoms with Gasteiger partial charge >= 0.3 is 6.09 Å². The van der Waals surface area contributed by atoms with Crippen LogP contribution in [0.2, 0.25) is 0 Å². The van der Waals surface area contributed by atoms with E-state index in [9.17, 15) is 4.79 Å². The van der Waals surface area contributed by atoms with Crippen molar-refractivity contribution in [2.75, 3.05) is 13.1 Å². The molecule has 1 atom stereocenters. The molecule has 0 aromatic heterocycles. The maximum Gasteiger partial charge on any atom is 0.407 e. The molecule has 5 nitrogen and oxygen atoms in total. The normalized spacial score (nSPS) is 22.8. The molecule has 1 saturated heterocycles. The van der Waals surface area contributed by atoms with E-state index in [-0.39, 0.29) is 5.92 Å². The second-order valence-electron chi connectivity index (χ2n) is 6.73. The highest BCUT2D eigenvalue weighted by Gasteiger charge is 2.41. The molecule has 25 heavy (non-hydrogen) atoms. The predicted molar refractivity (Wildman–Crippen MR) is 93.1 cm³/mol. The molecule has 2 aromatic rings. The number of likely N-dealkylation sites (tertiary alicyclic amines) is 1. The van der Waals surface area contributed by atoms with Gasteiger partial charge in [-0.2, -0.15) is 0 Å². The Morgan fingerprint density at radius 3 is 2.48 bits per heavy atom. The van der Waals surface area contributed by atoms with Crippen molar-refractivity contribution in [1.82, 2.24) is 4.90 Å². The molecule has 2 aliphatic heterocycles. The number of amides is 1. The number of fused-ring (bicyclic) bond motifs is 1.